The molecule has 12 heavy (non-hydrogen) atoms. The summed E-state index contributed by atoms with van der Waals surface area (Å²) in [6.07, 6.45) is 10.1. The van der Waals surface area contributed by atoms with Crippen LogP contribution in [0.1, 0.15) is 39.5 Å². The Morgan fingerprint density at radius 1 is 1.50 bits per heavy atom. The maximum Gasteiger partial charge on any atom is 0.0621 e. The molecule has 1 heteroatoms. The lowest BCUT2D eigenvalue weighted by atomic mass is 10.1. The fraction of sp³-hybridized carbons (Fsp3) is 0.545. The van der Waals surface area contributed by atoms with Crippen molar-refractivity contribution < 1.29 is 0 Å². The molecule has 0 N–H and O–H groups in total. The largest absolute Gasteiger partial charge is 0.198 e. The lowest BCUT2D eigenvalue weighted by molar-refractivity contribution is 0.849. The number of allylic oxidation sites excluding steroid dienone is 4. The van der Waals surface area contributed by atoms with E-state index in [4.69, 9.17) is 5.26 Å². The third-order valence-corrected chi connectivity index (χ3v) is 1.60. The molecule has 0 heterocycles. The fourth-order valence-electron chi connectivity index (χ4n) is 1.10. The van der Waals surface area contributed by atoms with Crippen LogP contribution < -0.4 is 0 Å². The molecular weight excluding hydrogens is 146 g/mol. The van der Waals surface area contributed by atoms with Gasteiger partial charge in [-0.3, -0.25) is 0 Å². The first-order valence-electron chi connectivity index (χ1n) is 4.53. The zero-order valence-corrected chi connectivity index (χ0v) is 8.01. The zero-order valence-electron chi connectivity index (χ0n) is 8.01. The van der Waals surface area contributed by atoms with E-state index in [-0.39, 0.29) is 0 Å². The van der Waals surface area contributed by atoms with Gasteiger partial charge in [0.05, 0.1) is 6.07 Å². The second kappa shape index (κ2) is 8.07. The van der Waals surface area contributed by atoms with Gasteiger partial charge < -0.3 is 0 Å². The first-order chi connectivity index (χ1) is 5.85. The van der Waals surface area contributed by atoms with Gasteiger partial charge in [-0.2, -0.15) is 5.26 Å². The van der Waals surface area contributed by atoms with Crippen molar-refractivity contribution in [3.8, 4) is 6.07 Å². The fourth-order valence-corrected chi connectivity index (χ4v) is 1.10. The first-order valence-corrected chi connectivity index (χ1v) is 4.53. The highest BCUT2D eigenvalue weighted by Gasteiger charge is 1.91. The second-order valence-electron chi connectivity index (χ2n) is 2.70. The normalized spacial score (nSPS) is 11.9. The van der Waals surface area contributed by atoms with Crippen molar-refractivity contribution in [2.75, 3.05) is 0 Å². The summed E-state index contributed by atoms with van der Waals surface area (Å²) in [5.41, 5.74) is 1.36. The van der Waals surface area contributed by atoms with Gasteiger partial charge in [0, 0.05) is 6.42 Å². The van der Waals surface area contributed by atoms with Gasteiger partial charge in [0.25, 0.3) is 0 Å². The van der Waals surface area contributed by atoms with Gasteiger partial charge in [-0.05, 0) is 26.2 Å². The first kappa shape index (κ1) is 11.0. The molecule has 1 nitrogen and oxygen atoms in total. The minimum absolute atomic E-state index is 0.665. The standard InChI is InChI=1S/C11H17N/c1-3-7-11(8-4-2)9-5-6-10-12/h3,7-8H,4-6,9H2,1-2H3/b7-3-,11-8+. The van der Waals surface area contributed by atoms with E-state index in [9.17, 15) is 0 Å². The molecule has 0 amide bonds. The zero-order chi connectivity index (χ0) is 9.23. The van der Waals surface area contributed by atoms with E-state index in [1.165, 1.54) is 5.57 Å². The Kier molecular flexibility index (Phi) is 7.38. The van der Waals surface area contributed by atoms with Crippen LogP contribution in [0.15, 0.2) is 23.8 Å². The van der Waals surface area contributed by atoms with Gasteiger partial charge in [-0.25, -0.2) is 0 Å². The predicted molar refractivity (Wildman–Crippen MR) is 52.7 cm³/mol. The maximum atomic E-state index is 8.35. The van der Waals surface area contributed by atoms with Crippen LogP contribution in [-0.2, 0) is 0 Å². The number of nitrogens with zero attached hydrogens (tertiary/aromatic N) is 1. The molecule has 0 aromatic rings. The summed E-state index contributed by atoms with van der Waals surface area (Å²) in [6.45, 7) is 4.15. The predicted octanol–water partition coefficient (Wildman–Crippen LogP) is 3.59. The van der Waals surface area contributed by atoms with Crippen molar-refractivity contribution >= 4 is 0 Å². The summed E-state index contributed by atoms with van der Waals surface area (Å²) in [7, 11) is 0. The monoisotopic (exact) mass is 163 g/mol. The minimum atomic E-state index is 0.665. The summed E-state index contributed by atoms with van der Waals surface area (Å²) in [4.78, 5) is 0. The van der Waals surface area contributed by atoms with Crippen molar-refractivity contribution in [1.29, 1.82) is 5.26 Å². The van der Waals surface area contributed by atoms with E-state index in [2.05, 4.69) is 25.1 Å². The van der Waals surface area contributed by atoms with E-state index in [1.54, 1.807) is 0 Å². The SMILES string of the molecule is C/C=C\C(=C/CC)CCCC#N. The summed E-state index contributed by atoms with van der Waals surface area (Å²) >= 11 is 0. The molecule has 0 rings (SSSR count). The smallest absolute Gasteiger partial charge is 0.0621 e. The molecule has 0 aliphatic heterocycles. The molecule has 0 aromatic carbocycles. The molecule has 0 fully saturated rings. The van der Waals surface area contributed by atoms with Crippen molar-refractivity contribution in [2.45, 2.75) is 39.5 Å². The van der Waals surface area contributed by atoms with Crippen LogP contribution in [0.25, 0.3) is 0 Å². The van der Waals surface area contributed by atoms with E-state index >= 15 is 0 Å². The molecule has 0 spiro atoms. The van der Waals surface area contributed by atoms with Crippen molar-refractivity contribution in [2.24, 2.45) is 0 Å². The molecule has 66 valence electrons. The van der Waals surface area contributed by atoms with Gasteiger partial charge in [-0.15, -0.1) is 0 Å². The summed E-state index contributed by atoms with van der Waals surface area (Å²) in [6, 6.07) is 2.16. The Labute approximate surface area is 75.4 Å². The van der Waals surface area contributed by atoms with Crippen molar-refractivity contribution in [1.82, 2.24) is 0 Å². The Morgan fingerprint density at radius 2 is 2.25 bits per heavy atom. The molecule has 0 aromatic heterocycles. The molecule has 0 aliphatic carbocycles. The average molecular weight is 163 g/mol. The quantitative estimate of drug-likeness (QED) is 0.449. The lowest BCUT2D eigenvalue weighted by Crippen LogP contribution is -1.79. The van der Waals surface area contributed by atoms with E-state index < -0.39 is 0 Å². The van der Waals surface area contributed by atoms with Gasteiger partial charge >= 0.3 is 0 Å². The third kappa shape index (κ3) is 5.73. The van der Waals surface area contributed by atoms with Crippen LogP contribution in [0.5, 0.6) is 0 Å². The molecule has 0 aliphatic rings. The van der Waals surface area contributed by atoms with Gasteiger partial charge in [0.15, 0.2) is 0 Å². The second-order valence-corrected chi connectivity index (χ2v) is 2.70. The number of hydrogen-bond donors (Lipinski definition) is 0. The maximum absolute atomic E-state index is 8.35. The minimum Gasteiger partial charge on any atom is -0.198 e. The Balaban J connectivity index is 3.81. The molecule has 0 saturated heterocycles. The Bertz CT molecular complexity index is 194. The van der Waals surface area contributed by atoms with Crippen LogP contribution >= 0.6 is 0 Å². The molecule has 0 radical (unpaired) electrons. The van der Waals surface area contributed by atoms with Crippen LogP contribution in [-0.4, -0.2) is 0 Å². The number of nitriles is 1. The highest BCUT2D eigenvalue weighted by Crippen LogP contribution is 2.09. The molecular formula is C11H17N. The third-order valence-electron chi connectivity index (χ3n) is 1.60. The van der Waals surface area contributed by atoms with Crippen LogP contribution in [0.3, 0.4) is 0 Å². The van der Waals surface area contributed by atoms with Gasteiger partial charge in [0.1, 0.15) is 0 Å². The molecule has 0 unspecified atom stereocenters. The summed E-state index contributed by atoms with van der Waals surface area (Å²) < 4.78 is 0. The van der Waals surface area contributed by atoms with E-state index in [0.717, 1.165) is 19.3 Å². The summed E-state index contributed by atoms with van der Waals surface area (Å²) in [5, 5.41) is 8.35. The average Bonchev–Trinajstić information content (AvgIpc) is 2.06. The van der Waals surface area contributed by atoms with Crippen LogP contribution in [0.2, 0.25) is 0 Å². The Hall–Kier alpha value is -1.03. The van der Waals surface area contributed by atoms with E-state index in [1.807, 2.05) is 13.0 Å². The molecule has 0 saturated carbocycles. The summed E-state index contributed by atoms with van der Waals surface area (Å²) in [5.74, 6) is 0. The van der Waals surface area contributed by atoms with E-state index in [0.29, 0.717) is 6.42 Å². The van der Waals surface area contributed by atoms with Crippen LogP contribution in [0.4, 0.5) is 0 Å². The number of rotatable bonds is 5. The number of hydrogen-bond acceptors (Lipinski definition) is 1. The number of unbranched alkanes of at least 4 members (excludes halogenated alkanes) is 1. The Morgan fingerprint density at radius 3 is 2.75 bits per heavy atom. The lowest BCUT2D eigenvalue weighted by Gasteiger charge is -1.98. The molecule has 0 atom stereocenters. The van der Waals surface area contributed by atoms with Crippen molar-refractivity contribution in [3.63, 3.8) is 0 Å². The highest BCUT2D eigenvalue weighted by molar-refractivity contribution is 5.17. The van der Waals surface area contributed by atoms with Crippen LogP contribution in [0, 0.1) is 11.3 Å². The molecule has 0 bridgehead atoms. The van der Waals surface area contributed by atoms with Gasteiger partial charge in [0.2, 0.25) is 0 Å². The van der Waals surface area contributed by atoms with Gasteiger partial charge in [-0.1, -0.05) is 30.7 Å². The topological polar surface area (TPSA) is 23.8 Å². The highest BCUT2D eigenvalue weighted by atomic mass is 14.2. The van der Waals surface area contributed by atoms with Crippen molar-refractivity contribution in [3.05, 3.63) is 23.8 Å².